The summed E-state index contributed by atoms with van der Waals surface area (Å²) in [7, 11) is 0. The van der Waals surface area contributed by atoms with Crippen LogP contribution in [0.2, 0.25) is 0 Å². The summed E-state index contributed by atoms with van der Waals surface area (Å²) in [5.74, 6) is -0.370. The first-order valence-electron chi connectivity index (χ1n) is 19.5. The molecule has 0 spiro atoms. The summed E-state index contributed by atoms with van der Waals surface area (Å²) in [5, 5.41) is 5.85. The van der Waals surface area contributed by atoms with E-state index in [9.17, 15) is 13.2 Å². The lowest BCUT2D eigenvalue weighted by molar-refractivity contribution is 0.0663. The third-order valence-electron chi connectivity index (χ3n) is 12.9. The number of hydrogen-bond acceptors (Lipinski definition) is 10. The molecule has 3 aromatic heterocycles. The Morgan fingerprint density at radius 3 is 2.78 bits per heavy atom. The van der Waals surface area contributed by atoms with Gasteiger partial charge in [-0.15, -0.1) is 0 Å². The van der Waals surface area contributed by atoms with Gasteiger partial charge in [-0.2, -0.15) is 9.97 Å². The zero-order valence-electron chi connectivity index (χ0n) is 30.6. The fourth-order valence-electron chi connectivity index (χ4n) is 10.3. The number of nitrogens with one attached hydrogen (secondary N) is 1. The standard InChI is InChI=1S/C41H42F4N8O2/c1-22-28(42)11-9-23-5-2-6-26(32(22)23)35-34(43)36-33-30(49-35)7-3-8-31-29-12-10-24(48-29)18-52(31)38(33)51-40(50-36)55-20-41-14-4-16-53(41)25(13-15-41)19-54-39-27(37(44)45)17-46-21-47-39/h2,5-6,9,11,17,21,24-25,29,31,37,48H,3-4,7-8,10,12-16,18-20H2,1H3/t24-,25+,29+,31-,41+/m1/s1. The van der Waals surface area contributed by atoms with Crippen molar-refractivity contribution in [2.24, 2.45) is 0 Å². The topological polar surface area (TPSA) is 101 Å². The van der Waals surface area contributed by atoms with E-state index in [1.54, 1.807) is 19.1 Å². The molecule has 4 fully saturated rings. The smallest absolute Gasteiger partial charge is 0.319 e. The molecule has 0 aliphatic carbocycles. The molecule has 0 radical (unpaired) electrons. The second-order valence-corrected chi connectivity index (χ2v) is 15.9. The predicted molar refractivity (Wildman–Crippen MR) is 199 cm³/mol. The highest BCUT2D eigenvalue weighted by molar-refractivity contribution is 6.01. The predicted octanol–water partition coefficient (Wildman–Crippen LogP) is 7.26. The van der Waals surface area contributed by atoms with Crippen LogP contribution >= 0.6 is 0 Å². The number of pyridine rings is 1. The second kappa shape index (κ2) is 13.5. The van der Waals surface area contributed by atoms with Crippen LogP contribution in [0, 0.1) is 18.6 Å². The largest absolute Gasteiger partial charge is 0.476 e. The molecule has 2 bridgehead atoms. The zero-order chi connectivity index (χ0) is 37.4. The minimum Gasteiger partial charge on any atom is -0.476 e. The maximum Gasteiger partial charge on any atom is 0.319 e. The van der Waals surface area contributed by atoms with Crippen LogP contribution in [0.5, 0.6) is 11.9 Å². The Kier molecular flexibility index (Phi) is 8.54. The molecule has 55 heavy (non-hydrogen) atoms. The molecular weight excluding hydrogens is 712 g/mol. The average molecular weight is 755 g/mol. The van der Waals surface area contributed by atoms with E-state index in [1.165, 1.54) is 12.4 Å². The lowest BCUT2D eigenvalue weighted by Gasteiger charge is -2.43. The number of alkyl halides is 2. The van der Waals surface area contributed by atoms with Gasteiger partial charge in [0.15, 0.2) is 5.82 Å². The van der Waals surface area contributed by atoms with Crippen molar-refractivity contribution in [3.05, 3.63) is 71.3 Å². The highest BCUT2D eigenvalue weighted by Gasteiger charge is 2.50. The molecule has 5 aromatic rings. The molecule has 4 saturated heterocycles. The fourth-order valence-corrected chi connectivity index (χ4v) is 10.3. The van der Waals surface area contributed by atoms with E-state index in [2.05, 4.69) is 25.1 Å². The van der Waals surface area contributed by atoms with Crippen molar-refractivity contribution in [1.82, 2.24) is 35.1 Å². The maximum atomic E-state index is 17.3. The van der Waals surface area contributed by atoms with Gasteiger partial charge in [0.05, 0.1) is 22.2 Å². The highest BCUT2D eigenvalue weighted by atomic mass is 19.3. The molecule has 286 valence electrons. The minimum absolute atomic E-state index is 0.0164. The molecule has 5 aliphatic rings. The molecule has 10 rings (SSSR count). The van der Waals surface area contributed by atoms with Crippen LogP contribution in [-0.2, 0) is 6.42 Å². The van der Waals surface area contributed by atoms with E-state index < -0.39 is 12.2 Å². The van der Waals surface area contributed by atoms with Crippen LogP contribution in [0.25, 0.3) is 32.9 Å². The third-order valence-corrected chi connectivity index (χ3v) is 12.9. The summed E-state index contributed by atoms with van der Waals surface area (Å²) in [6, 6.07) is 9.63. The number of aromatic nitrogens is 5. The molecule has 5 atom stereocenters. The maximum absolute atomic E-state index is 17.3. The molecule has 1 N–H and O–H groups in total. The Bertz CT molecular complexity index is 2310. The Balaban J connectivity index is 1.03. The van der Waals surface area contributed by atoms with Crippen LogP contribution in [-0.4, -0.2) is 85.8 Å². The summed E-state index contributed by atoms with van der Waals surface area (Å²) in [6.07, 6.45) is 7.63. The molecule has 14 heteroatoms. The fraction of sp³-hybridized carbons (Fsp3) is 0.488. The Morgan fingerprint density at radius 1 is 0.982 bits per heavy atom. The molecular formula is C41H42F4N8O2. The number of nitrogens with zero attached hydrogens (tertiary/aromatic N) is 7. The summed E-state index contributed by atoms with van der Waals surface area (Å²) < 4.78 is 72.0. The van der Waals surface area contributed by atoms with Gasteiger partial charge in [-0.3, -0.25) is 4.90 Å². The summed E-state index contributed by atoms with van der Waals surface area (Å²) in [5.41, 5.74) is 1.36. The van der Waals surface area contributed by atoms with Gasteiger partial charge < -0.3 is 19.7 Å². The second-order valence-electron chi connectivity index (χ2n) is 15.9. The average Bonchev–Trinajstić information content (AvgIpc) is 3.89. The Hall–Kier alpha value is -4.69. The summed E-state index contributed by atoms with van der Waals surface area (Å²) in [4.78, 5) is 27.4. The van der Waals surface area contributed by atoms with Crippen molar-refractivity contribution in [3.63, 3.8) is 0 Å². The zero-order valence-corrected chi connectivity index (χ0v) is 30.6. The number of hydrogen-bond donors (Lipinski definition) is 1. The van der Waals surface area contributed by atoms with Gasteiger partial charge >= 0.3 is 6.01 Å². The van der Waals surface area contributed by atoms with Crippen molar-refractivity contribution in [2.45, 2.75) is 101 Å². The monoisotopic (exact) mass is 754 g/mol. The molecule has 10 nitrogen and oxygen atoms in total. The number of aryl methyl sites for hydroxylation is 2. The number of piperazine rings is 1. The van der Waals surface area contributed by atoms with Crippen LogP contribution in [0.3, 0.4) is 0 Å². The van der Waals surface area contributed by atoms with Gasteiger partial charge in [0, 0.05) is 42.5 Å². The van der Waals surface area contributed by atoms with Crippen molar-refractivity contribution < 1.29 is 27.0 Å². The molecule has 0 saturated carbocycles. The van der Waals surface area contributed by atoms with E-state index in [0.717, 1.165) is 81.7 Å². The van der Waals surface area contributed by atoms with Gasteiger partial charge in [0.1, 0.15) is 42.4 Å². The lowest BCUT2D eigenvalue weighted by atomic mass is 9.93. The van der Waals surface area contributed by atoms with E-state index in [1.807, 2.05) is 12.1 Å². The number of rotatable bonds is 8. The quantitative estimate of drug-likeness (QED) is 0.163. The molecule has 5 aliphatic heterocycles. The summed E-state index contributed by atoms with van der Waals surface area (Å²) >= 11 is 0. The normalized spacial score (nSPS) is 26.0. The molecule has 8 heterocycles. The van der Waals surface area contributed by atoms with Crippen molar-refractivity contribution in [2.75, 3.05) is 31.2 Å². The highest BCUT2D eigenvalue weighted by Crippen LogP contribution is 2.45. The van der Waals surface area contributed by atoms with Crippen molar-refractivity contribution in [1.29, 1.82) is 0 Å². The summed E-state index contributed by atoms with van der Waals surface area (Å²) in [6.45, 7) is 3.77. The van der Waals surface area contributed by atoms with Crippen molar-refractivity contribution >= 4 is 27.5 Å². The Labute approximate surface area is 315 Å². The molecule has 2 aromatic carbocycles. The number of anilines is 1. The van der Waals surface area contributed by atoms with E-state index in [-0.39, 0.29) is 65.3 Å². The molecule has 0 unspecified atom stereocenters. The third kappa shape index (κ3) is 5.77. The van der Waals surface area contributed by atoms with Crippen LogP contribution in [0.4, 0.5) is 23.4 Å². The van der Waals surface area contributed by atoms with Gasteiger partial charge in [-0.25, -0.2) is 32.5 Å². The first-order chi connectivity index (χ1) is 26.8. The number of halogens is 4. The number of benzene rings is 2. The van der Waals surface area contributed by atoms with Gasteiger partial charge in [0.25, 0.3) is 6.43 Å². The first-order valence-corrected chi connectivity index (χ1v) is 19.5. The molecule has 0 amide bonds. The number of ether oxygens (including phenoxy) is 2. The van der Waals surface area contributed by atoms with E-state index in [4.69, 9.17) is 24.4 Å². The van der Waals surface area contributed by atoms with Crippen LogP contribution < -0.4 is 19.7 Å². The van der Waals surface area contributed by atoms with E-state index in [0.29, 0.717) is 46.2 Å². The van der Waals surface area contributed by atoms with Crippen molar-refractivity contribution in [3.8, 4) is 23.1 Å². The Morgan fingerprint density at radius 2 is 1.89 bits per heavy atom. The lowest BCUT2D eigenvalue weighted by Crippen LogP contribution is -2.58. The SMILES string of the molecule is Cc1c(F)ccc2cccc(-c3nc4c5c(nc(OC[C@@]67CCCN6[C@H](COc6ncncc6C(F)F)CC7)nc5c3F)N3C[C@H]5CC[C@H](N5)[C@H]3CCC4)c12. The van der Waals surface area contributed by atoms with E-state index >= 15 is 4.39 Å². The van der Waals surface area contributed by atoms with Gasteiger partial charge in [-0.05, 0) is 93.7 Å². The van der Waals surface area contributed by atoms with Gasteiger partial charge in [0.2, 0.25) is 5.88 Å². The van der Waals surface area contributed by atoms with Gasteiger partial charge in [-0.1, -0.05) is 24.3 Å². The first kappa shape index (κ1) is 34.8. The minimum atomic E-state index is -2.74. The van der Waals surface area contributed by atoms with Crippen LogP contribution in [0.1, 0.15) is 74.6 Å². The van der Waals surface area contributed by atoms with Crippen LogP contribution in [0.15, 0.2) is 42.9 Å². The number of fused-ring (bicyclic) bond motifs is 7.